The second kappa shape index (κ2) is 9.90. The maximum Gasteiger partial charge on any atom is 0.124 e. The molecule has 3 rings (SSSR count). The van der Waals surface area contributed by atoms with E-state index in [2.05, 4.69) is 47.3 Å². The first-order valence-electron chi connectivity index (χ1n) is 11.0. The maximum absolute atomic E-state index is 10.2. The summed E-state index contributed by atoms with van der Waals surface area (Å²) < 4.78 is 2.32. The van der Waals surface area contributed by atoms with Gasteiger partial charge in [0.25, 0.3) is 0 Å². The molecule has 1 heterocycles. The van der Waals surface area contributed by atoms with Crippen molar-refractivity contribution in [2.24, 2.45) is 11.7 Å². The van der Waals surface area contributed by atoms with E-state index in [0.29, 0.717) is 12.5 Å². The van der Waals surface area contributed by atoms with E-state index >= 15 is 0 Å². The number of anilines is 1. The van der Waals surface area contributed by atoms with Crippen molar-refractivity contribution in [3.05, 3.63) is 53.7 Å². The van der Waals surface area contributed by atoms with Crippen LogP contribution < -0.4 is 11.1 Å². The van der Waals surface area contributed by atoms with E-state index in [-0.39, 0.29) is 17.4 Å². The fourth-order valence-corrected chi connectivity index (χ4v) is 4.06. The number of nitrogens with one attached hydrogen (secondary N) is 1. The molecular weight excluding hydrogens is 374 g/mol. The van der Waals surface area contributed by atoms with Crippen LogP contribution in [0.15, 0.2) is 42.6 Å². The summed E-state index contributed by atoms with van der Waals surface area (Å²) >= 11 is 0. The number of nitrogens with zero attached hydrogens (tertiary/aromatic N) is 1. The summed E-state index contributed by atoms with van der Waals surface area (Å²) in [6, 6.07) is 11.8. The van der Waals surface area contributed by atoms with Crippen LogP contribution in [0.25, 0.3) is 10.9 Å². The van der Waals surface area contributed by atoms with Crippen molar-refractivity contribution in [3.8, 4) is 11.5 Å². The SMILES string of the molecule is CCC(CCN)CCn1ccc2cc(NCc3cc(C(C)C)c(O)cc3O)ccc21. The van der Waals surface area contributed by atoms with Crippen molar-refractivity contribution < 1.29 is 10.2 Å². The molecule has 1 unspecified atom stereocenters. The summed E-state index contributed by atoms with van der Waals surface area (Å²) in [6.45, 7) is 8.56. The molecule has 162 valence electrons. The lowest BCUT2D eigenvalue weighted by Crippen LogP contribution is -2.10. The van der Waals surface area contributed by atoms with Gasteiger partial charge in [-0.15, -0.1) is 0 Å². The van der Waals surface area contributed by atoms with Crippen LogP contribution in [0, 0.1) is 5.92 Å². The predicted molar refractivity (Wildman–Crippen MR) is 125 cm³/mol. The lowest BCUT2D eigenvalue weighted by Gasteiger charge is -2.15. The zero-order chi connectivity index (χ0) is 21.7. The molecule has 5 N–H and O–H groups in total. The van der Waals surface area contributed by atoms with E-state index in [9.17, 15) is 10.2 Å². The fourth-order valence-electron chi connectivity index (χ4n) is 4.06. The number of nitrogens with two attached hydrogens (primary N) is 1. The normalized spacial score (nSPS) is 12.6. The summed E-state index contributed by atoms with van der Waals surface area (Å²) in [5.74, 6) is 1.13. The van der Waals surface area contributed by atoms with Gasteiger partial charge in [-0.2, -0.15) is 0 Å². The van der Waals surface area contributed by atoms with E-state index in [4.69, 9.17) is 5.73 Å². The Morgan fingerprint density at radius 2 is 1.83 bits per heavy atom. The fraction of sp³-hybridized carbons (Fsp3) is 0.440. The minimum absolute atomic E-state index is 0.111. The summed E-state index contributed by atoms with van der Waals surface area (Å²) in [7, 11) is 0. The molecule has 0 saturated carbocycles. The van der Waals surface area contributed by atoms with Crippen molar-refractivity contribution >= 4 is 16.6 Å². The Morgan fingerprint density at radius 1 is 1.03 bits per heavy atom. The number of hydrogen-bond donors (Lipinski definition) is 4. The van der Waals surface area contributed by atoms with Crippen LogP contribution in [0.1, 0.15) is 57.1 Å². The first-order chi connectivity index (χ1) is 14.4. The Morgan fingerprint density at radius 3 is 2.53 bits per heavy atom. The highest BCUT2D eigenvalue weighted by Gasteiger charge is 2.12. The molecule has 0 amide bonds. The van der Waals surface area contributed by atoms with Crippen molar-refractivity contribution in [2.45, 2.75) is 59.0 Å². The molecule has 2 aromatic carbocycles. The lowest BCUT2D eigenvalue weighted by molar-refractivity contribution is 0.415. The molecular formula is C25H35N3O2. The van der Waals surface area contributed by atoms with Crippen LogP contribution >= 0.6 is 0 Å². The molecule has 0 aliphatic rings. The van der Waals surface area contributed by atoms with Gasteiger partial charge in [-0.05, 0) is 67.1 Å². The molecule has 0 aliphatic heterocycles. The van der Waals surface area contributed by atoms with Gasteiger partial charge in [-0.1, -0.05) is 27.2 Å². The Kier molecular flexibility index (Phi) is 7.27. The summed E-state index contributed by atoms with van der Waals surface area (Å²) in [5.41, 5.74) is 9.59. The molecule has 0 saturated heterocycles. The van der Waals surface area contributed by atoms with Gasteiger partial charge >= 0.3 is 0 Å². The summed E-state index contributed by atoms with van der Waals surface area (Å²) in [4.78, 5) is 0. The molecule has 1 aromatic heterocycles. The third kappa shape index (κ3) is 5.08. The van der Waals surface area contributed by atoms with E-state index in [0.717, 1.165) is 42.7 Å². The van der Waals surface area contributed by atoms with E-state index in [1.807, 2.05) is 19.9 Å². The van der Waals surface area contributed by atoms with E-state index in [1.165, 1.54) is 23.4 Å². The van der Waals surface area contributed by atoms with E-state index < -0.39 is 0 Å². The van der Waals surface area contributed by atoms with Gasteiger partial charge in [0.2, 0.25) is 0 Å². The number of rotatable bonds is 10. The van der Waals surface area contributed by atoms with Crippen molar-refractivity contribution in [3.63, 3.8) is 0 Å². The van der Waals surface area contributed by atoms with Crippen LogP contribution in [0.4, 0.5) is 5.69 Å². The quantitative estimate of drug-likeness (QED) is 0.354. The smallest absolute Gasteiger partial charge is 0.124 e. The minimum atomic E-state index is 0.111. The number of aryl methyl sites for hydroxylation is 1. The molecule has 1 atom stereocenters. The zero-order valence-electron chi connectivity index (χ0n) is 18.4. The highest BCUT2D eigenvalue weighted by atomic mass is 16.3. The molecule has 0 bridgehead atoms. The van der Waals surface area contributed by atoms with Crippen LogP contribution in [0.3, 0.4) is 0 Å². The van der Waals surface area contributed by atoms with Gasteiger partial charge in [-0.25, -0.2) is 0 Å². The molecule has 30 heavy (non-hydrogen) atoms. The monoisotopic (exact) mass is 409 g/mol. The Balaban J connectivity index is 1.69. The molecule has 0 radical (unpaired) electrons. The lowest BCUT2D eigenvalue weighted by atomic mass is 9.98. The summed E-state index contributed by atoms with van der Waals surface area (Å²) in [5, 5.41) is 24.8. The molecule has 5 heteroatoms. The number of aromatic nitrogens is 1. The molecule has 0 aliphatic carbocycles. The second-order valence-electron chi connectivity index (χ2n) is 8.47. The predicted octanol–water partition coefficient (Wildman–Crippen LogP) is 5.55. The number of fused-ring (bicyclic) bond motifs is 1. The molecule has 5 nitrogen and oxygen atoms in total. The van der Waals surface area contributed by atoms with Crippen LogP contribution in [0.5, 0.6) is 11.5 Å². The Hall–Kier alpha value is -2.66. The average molecular weight is 410 g/mol. The summed E-state index contributed by atoms with van der Waals surface area (Å²) in [6.07, 6.45) is 5.57. The van der Waals surface area contributed by atoms with Crippen LogP contribution in [0.2, 0.25) is 0 Å². The number of aromatic hydroxyl groups is 2. The van der Waals surface area contributed by atoms with Crippen molar-refractivity contribution in [2.75, 3.05) is 11.9 Å². The maximum atomic E-state index is 10.2. The highest BCUT2D eigenvalue weighted by Crippen LogP contribution is 2.32. The van der Waals surface area contributed by atoms with Crippen molar-refractivity contribution in [1.82, 2.24) is 4.57 Å². The number of hydrogen-bond acceptors (Lipinski definition) is 4. The third-order valence-electron chi connectivity index (χ3n) is 6.03. The van der Waals surface area contributed by atoms with Gasteiger partial charge in [-0.3, -0.25) is 0 Å². The number of phenolic OH excluding ortho intramolecular Hbond substituents is 2. The largest absolute Gasteiger partial charge is 0.508 e. The zero-order valence-corrected chi connectivity index (χ0v) is 18.4. The number of benzene rings is 2. The average Bonchev–Trinajstić information content (AvgIpc) is 3.12. The molecule has 0 spiro atoms. The first kappa shape index (κ1) is 22.0. The van der Waals surface area contributed by atoms with Gasteiger partial charge in [0.15, 0.2) is 0 Å². The van der Waals surface area contributed by atoms with Crippen molar-refractivity contribution in [1.29, 1.82) is 0 Å². The standard InChI is InChI=1S/C25H35N3O2/c1-4-18(7-10-26)8-11-28-12-9-19-13-21(5-6-23(19)28)27-16-20-14-22(17(2)3)25(30)15-24(20)29/h5-6,9,12-15,17-18,27,29-30H,4,7-8,10-11,16,26H2,1-3H3. The molecule has 3 aromatic rings. The van der Waals surface area contributed by atoms with Crippen LogP contribution in [-0.2, 0) is 13.1 Å². The highest BCUT2D eigenvalue weighted by molar-refractivity contribution is 5.83. The Bertz CT molecular complexity index is 978. The first-order valence-corrected chi connectivity index (χ1v) is 11.0. The van der Waals surface area contributed by atoms with Gasteiger partial charge in [0.05, 0.1) is 0 Å². The van der Waals surface area contributed by atoms with Crippen LogP contribution in [-0.4, -0.2) is 21.3 Å². The Labute approximate surface area is 179 Å². The number of phenols is 2. The topological polar surface area (TPSA) is 83.4 Å². The van der Waals surface area contributed by atoms with E-state index in [1.54, 1.807) is 0 Å². The molecule has 0 fully saturated rings. The van der Waals surface area contributed by atoms with Gasteiger partial charge in [0.1, 0.15) is 11.5 Å². The third-order valence-corrected chi connectivity index (χ3v) is 6.03. The van der Waals surface area contributed by atoms with Gasteiger partial charge in [0, 0.05) is 47.5 Å². The second-order valence-corrected chi connectivity index (χ2v) is 8.47. The van der Waals surface area contributed by atoms with Gasteiger partial charge < -0.3 is 25.8 Å². The minimum Gasteiger partial charge on any atom is -0.508 e.